The number of hydrogen-bond donors (Lipinski definition) is 1. The lowest BCUT2D eigenvalue weighted by Crippen LogP contribution is -2.47. The second kappa shape index (κ2) is 24.5. The first-order valence-electron chi connectivity index (χ1n) is 13.7. The first-order chi connectivity index (χ1) is 15.7. The minimum absolute atomic E-state index is 0.0142. The fourth-order valence-corrected chi connectivity index (χ4v) is 4.04. The molecule has 0 aromatic heterocycles. The number of amides is 2. The second-order valence-electron chi connectivity index (χ2n) is 9.27. The summed E-state index contributed by atoms with van der Waals surface area (Å²) in [6.45, 7) is 5.07. The predicted octanol–water partition coefficient (Wildman–Crippen LogP) is 7.33. The zero-order chi connectivity index (χ0) is 23.7. The maximum Gasteiger partial charge on any atom is 0.264 e. The number of methoxy groups -OCH3 is 1. The van der Waals surface area contributed by atoms with Crippen LogP contribution in [0.25, 0.3) is 0 Å². The summed E-state index contributed by atoms with van der Waals surface area (Å²) in [6.07, 6.45) is 24.3. The van der Waals surface area contributed by atoms with Crippen LogP contribution in [0.15, 0.2) is 0 Å². The topological polar surface area (TPSA) is 58.6 Å². The van der Waals surface area contributed by atoms with E-state index in [1.54, 1.807) is 0 Å². The van der Waals surface area contributed by atoms with E-state index < -0.39 is 0 Å². The number of hydrogen-bond acceptors (Lipinski definition) is 3. The summed E-state index contributed by atoms with van der Waals surface area (Å²) in [5.74, 6) is -0.217. The van der Waals surface area contributed by atoms with Crippen molar-refractivity contribution in [3.05, 3.63) is 0 Å². The molecule has 0 atom stereocenters. The van der Waals surface area contributed by atoms with Crippen LogP contribution in [-0.2, 0) is 14.3 Å². The van der Waals surface area contributed by atoms with Crippen molar-refractivity contribution in [3.8, 4) is 0 Å². The van der Waals surface area contributed by atoms with Gasteiger partial charge in [-0.25, -0.2) is 0 Å². The third-order valence-corrected chi connectivity index (χ3v) is 6.07. The molecule has 0 radical (unpaired) electrons. The van der Waals surface area contributed by atoms with Crippen molar-refractivity contribution in [1.29, 1.82) is 0 Å². The van der Waals surface area contributed by atoms with E-state index in [0.29, 0.717) is 13.0 Å². The van der Waals surface area contributed by atoms with Crippen LogP contribution in [0, 0.1) is 0 Å². The average Bonchev–Trinajstić information content (AvgIpc) is 2.78. The molecule has 0 bridgehead atoms. The minimum Gasteiger partial charge on any atom is -0.375 e. The van der Waals surface area contributed by atoms with Gasteiger partial charge in [0.25, 0.3) is 5.91 Å². The van der Waals surface area contributed by atoms with Crippen LogP contribution in [0.2, 0.25) is 0 Å². The van der Waals surface area contributed by atoms with E-state index in [2.05, 4.69) is 19.3 Å². The van der Waals surface area contributed by atoms with Gasteiger partial charge in [-0.05, 0) is 12.8 Å². The molecule has 0 aliphatic carbocycles. The fraction of sp³-hybridized carbons (Fsp3) is 0.926. The molecule has 0 rings (SSSR count). The van der Waals surface area contributed by atoms with Crippen LogP contribution in [0.5, 0.6) is 0 Å². The maximum atomic E-state index is 12.6. The first kappa shape index (κ1) is 30.9. The molecule has 5 nitrogen and oxygen atoms in total. The van der Waals surface area contributed by atoms with Crippen molar-refractivity contribution in [2.45, 2.75) is 142 Å². The molecule has 0 aliphatic heterocycles. The van der Waals surface area contributed by atoms with Gasteiger partial charge in [0, 0.05) is 20.1 Å². The Labute approximate surface area is 199 Å². The van der Waals surface area contributed by atoms with Gasteiger partial charge in [-0.1, -0.05) is 123 Å². The summed E-state index contributed by atoms with van der Waals surface area (Å²) < 4.78 is 4.90. The summed E-state index contributed by atoms with van der Waals surface area (Å²) in [4.78, 5) is 24.5. The van der Waals surface area contributed by atoms with E-state index in [1.165, 1.54) is 108 Å². The van der Waals surface area contributed by atoms with Crippen LogP contribution in [-0.4, -0.2) is 37.1 Å². The Kier molecular flexibility index (Phi) is 23.7. The highest BCUT2D eigenvalue weighted by Gasteiger charge is 2.15. The number of unbranched alkanes of at least 4 members (excludes halogenated alkanes) is 17. The molecular weight excluding hydrogens is 400 g/mol. The van der Waals surface area contributed by atoms with Gasteiger partial charge < -0.3 is 4.74 Å². The van der Waals surface area contributed by atoms with Gasteiger partial charge in [-0.2, -0.15) is 0 Å². The van der Waals surface area contributed by atoms with E-state index in [-0.39, 0.29) is 18.4 Å². The number of rotatable bonds is 23. The highest BCUT2D eigenvalue weighted by atomic mass is 16.5. The summed E-state index contributed by atoms with van der Waals surface area (Å²) in [5.41, 5.74) is 2.75. The molecule has 0 aromatic rings. The molecule has 0 unspecified atom stereocenters. The highest BCUT2D eigenvalue weighted by Crippen LogP contribution is 2.13. The number of carbonyl (C=O) groups excluding carboxylic acids is 2. The van der Waals surface area contributed by atoms with E-state index >= 15 is 0 Å². The summed E-state index contributed by atoms with van der Waals surface area (Å²) in [6, 6.07) is 0. The van der Waals surface area contributed by atoms with Gasteiger partial charge in [0.05, 0.1) is 0 Å². The van der Waals surface area contributed by atoms with Crippen LogP contribution < -0.4 is 5.43 Å². The van der Waals surface area contributed by atoms with Gasteiger partial charge in [0.1, 0.15) is 6.61 Å². The molecule has 0 spiro atoms. The molecule has 0 aromatic carbocycles. The van der Waals surface area contributed by atoms with Gasteiger partial charge in [0.15, 0.2) is 0 Å². The second-order valence-corrected chi connectivity index (χ2v) is 9.27. The molecule has 0 fully saturated rings. The highest BCUT2D eigenvalue weighted by molar-refractivity contribution is 5.82. The Morgan fingerprint density at radius 1 is 0.625 bits per heavy atom. The van der Waals surface area contributed by atoms with Crippen LogP contribution in [0.4, 0.5) is 0 Å². The van der Waals surface area contributed by atoms with Gasteiger partial charge >= 0.3 is 0 Å². The fourth-order valence-electron chi connectivity index (χ4n) is 4.04. The molecule has 32 heavy (non-hydrogen) atoms. The number of carbonyl (C=O) groups is 2. The molecule has 2 amide bonds. The van der Waals surface area contributed by atoms with Gasteiger partial charge in [-0.3, -0.25) is 20.0 Å². The zero-order valence-electron chi connectivity index (χ0n) is 21.7. The molecule has 0 saturated heterocycles. The molecule has 0 aliphatic rings. The van der Waals surface area contributed by atoms with Gasteiger partial charge in [-0.15, -0.1) is 0 Å². The van der Waals surface area contributed by atoms with Crippen molar-refractivity contribution in [1.82, 2.24) is 10.4 Å². The Morgan fingerprint density at radius 3 is 1.47 bits per heavy atom. The third kappa shape index (κ3) is 20.8. The van der Waals surface area contributed by atoms with Crippen molar-refractivity contribution in [2.75, 3.05) is 20.3 Å². The quantitative estimate of drug-likeness (QED) is 0.130. The van der Waals surface area contributed by atoms with Crippen molar-refractivity contribution in [2.24, 2.45) is 0 Å². The first-order valence-corrected chi connectivity index (χ1v) is 13.7. The predicted molar refractivity (Wildman–Crippen MR) is 135 cm³/mol. The number of nitrogens with one attached hydrogen (secondary N) is 1. The summed E-state index contributed by atoms with van der Waals surface area (Å²) >= 11 is 0. The number of hydrazine groups is 1. The van der Waals surface area contributed by atoms with E-state index in [1.807, 2.05) is 0 Å². The molecule has 0 saturated carbocycles. The lowest BCUT2D eigenvalue weighted by atomic mass is 10.1. The van der Waals surface area contributed by atoms with Crippen molar-refractivity contribution in [3.63, 3.8) is 0 Å². The van der Waals surface area contributed by atoms with Crippen LogP contribution in [0.3, 0.4) is 0 Å². The minimum atomic E-state index is -0.251. The summed E-state index contributed by atoms with van der Waals surface area (Å²) in [7, 11) is 1.50. The van der Waals surface area contributed by atoms with Crippen LogP contribution in [0.1, 0.15) is 142 Å². The molecule has 0 heterocycles. The lowest BCUT2D eigenvalue weighted by Gasteiger charge is -2.23. The standard InChI is InChI=1S/C27H54N2O3/c1-4-6-8-10-12-13-14-15-16-18-20-22-24-29(28-26(30)25-32-3)27(31)23-21-19-17-11-9-7-5-2/h4-25H2,1-3H3,(H,28,30). The molecule has 1 N–H and O–H groups in total. The number of ether oxygens (including phenoxy) is 1. The Hall–Kier alpha value is -1.10. The smallest absolute Gasteiger partial charge is 0.264 e. The Bertz CT molecular complexity index is 429. The van der Waals surface area contributed by atoms with E-state index in [4.69, 9.17) is 4.74 Å². The largest absolute Gasteiger partial charge is 0.375 e. The van der Waals surface area contributed by atoms with E-state index in [9.17, 15) is 9.59 Å². The molecular formula is C27H54N2O3. The van der Waals surface area contributed by atoms with Crippen molar-refractivity contribution >= 4 is 11.8 Å². The monoisotopic (exact) mass is 454 g/mol. The van der Waals surface area contributed by atoms with Crippen molar-refractivity contribution < 1.29 is 14.3 Å². The van der Waals surface area contributed by atoms with Gasteiger partial charge in [0.2, 0.25) is 5.91 Å². The average molecular weight is 455 g/mol. The SMILES string of the molecule is CCCCCCCCCCCCCCN(NC(=O)COC)C(=O)CCCCCCCCC. The maximum absolute atomic E-state index is 12.6. The molecule has 5 heteroatoms. The van der Waals surface area contributed by atoms with E-state index in [0.717, 1.165) is 25.7 Å². The lowest BCUT2D eigenvalue weighted by molar-refractivity contribution is -0.143. The Balaban J connectivity index is 3.94. The molecule has 190 valence electrons. The normalized spacial score (nSPS) is 11.0. The zero-order valence-corrected chi connectivity index (χ0v) is 21.7. The summed E-state index contributed by atoms with van der Waals surface area (Å²) in [5, 5.41) is 1.54. The van der Waals surface area contributed by atoms with Crippen LogP contribution >= 0.6 is 0 Å². The number of nitrogens with zero attached hydrogens (tertiary/aromatic N) is 1. The Morgan fingerprint density at radius 2 is 1.03 bits per heavy atom. The third-order valence-electron chi connectivity index (χ3n) is 6.07.